The summed E-state index contributed by atoms with van der Waals surface area (Å²) in [4.78, 5) is 34.5. The van der Waals surface area contributed by atoms with Gasteiger partial charge in [0.2, 0.25) is 0 Å². The lowest BCUT2D eigenvalue weighted by molar-refractivity contribution is -0.124. The van der Waals surface area contributed by atoms with Gasteiger partial charge in [0.25, 0.3) is 11.8 Å². The minimum atomic E-state index is -0.646. The fourth-order valence-electron chi connectivity index (χ4n) is 1.81. The topological polar surface area (TPSA) is 108 Å². The molecule has 0 aliphatic carbocycles. The molecule has 0 aliphatic heterocycles. The second kappa shape index (κ2) is 8.25. The number of amides is 4. The normalized spacial score (nSPS) is 10.2. The van der Waals surface area contributed by atoms with Crippen molar-refractivity contribution < 1.29 is 19.6 Å². The Morgan fingerprint density at radius 3 is 2.21 bits per heavy atom. The lowest BCUT2D eigenvalue weighted by Gasteiger charge is -2.07. The molecule has 0 atom stereocenters. The van der Waals surface area contributed by atoms with Crippen LogP contribution in [0.15, 0.2) is 60.7 Å². The van der Waals surface area contributed by atoms with Crippen LogP contribution in [0, 0.1) is 0 Å². The van der Waals surface area contributed by atoms with Crippen molar-refractivity contribution in [3.63, 3.8) is 0 Å². The molecule has 7 heteroatoms. The molecule has 0 fully saturated rings. The molecule has 24 heavy (non-hydrogen) atoms. The summed E-state index contributed by atoms with van der Waals surface area (Å²) in [6.07, 6.45) is 2.65. The van der Waals surface area contributed by atoms with Gasteiger partial charge in [0.15, 0.2) is 0 Å². The number of carbonyl (C=O) groups is 3. The Hall–Kier alpha value is -3.45. The van der Waals surface area contributed by atoms with Crippen molar-refractivity contribution in [2.24, 2.45) is 0 Å². The Bertz CT molecular complexity index is 755. The van der Waals surface area contributed by atoms with Gasteiger partial charge in [0, 0.05) is 17.3 Å². The van der Waals surface area contributed by atoms with E-state index in [4.69, 9.17) is 5.21 Å². The SMILES string of the molecule is O=C(C=Cc1ccc(NC(=O)NC(=O)c2ccccc2)cc1)NO. The van der Waals surface area contributed by atoms with E-state index in [1.54, 1.807) is 54.6 Å². The van der Waals surface area contributed by atoms with E-state index in [1.807, 2.05) is 0 Å². The van der Waals surface area contributed by atoms with Crippen LogP contribution in [0.5, 0.6) is 0 Å². The number of hydrogen-bond donors (Lipinski definition) is 4. The van der Waals surface area contributed by atoms with Gasteiger partial charge in [-0.15, -0.1) is 0 Å². The van der Waals surface area contributed by atoms with Gasteiger partial charge in [-0.2, -0.15) is 0 Å². The fourth-order valence-corrected chi connectivity index (χ4v) is 1.81. The molecule has 2 aromatic rings. The third-order valence-corrected chi connectivity index (χ3v) is 2.97. The van der Waals surface area contributed by atoms with Gasteiger partial charge >= 0.3 is 6.03 Å². The molecule has 2 rings (SSSR count). The van der Waals surface area contributed by atoms with E-state index in [9.17, 15) is 14.4 Å². The summed E-state index contributed by atoms with van der Waals surface area (Å²) in [5.74, 6) is -1.14. The molecular formula is C17H15N3O4. The maximum atomic E-state index is 11.8. The first-order valence-corrected chi connectivity index (χ1v) is 6.98. The van der Waals surface area contributed by atoms with Crippen LogP contribution in [-0.4, -0.2) is 23.1 Å². The average molecular weight is 325 g/mol. The van der Waals surface area contributed by atoms with Crippen LogP contribution in [-0.2, 0) is 4.79 Å². The molecule has 0 heterocycles. The summed E-state index contributed by atoms with van der Waals surface area (Å²) in [6.45, 7) is 0. The van der Waals surface area contributed by atoms with Gasteiger partial charge in [0.1, 0.15) is 0 Å². The number of hydroxylamine groups is 1. The number of imide groups is 1. The summed E-state index contributed by atoms with van der Waals surface area (Å²) >= 11 is 0. The van der Waals surface area contributed by atoms with E-state index < -0.39 is 17.8 Å². The quantitative estimate of drug-likeness (QED) is 0.392. The third-order valence-electron chi connectivity index (χ3n) is 2.97. The van der Waals surface area contributed by atoms with Crippen LogP contribution in [0.4, 0.5) is 10.5 Å². The highest BCUT2D eigenvalue weighted by molar-refractivity contribution is 6.07. The lowest BCUT2D eigenvalue weighted by atomic mass is 10.2. The first-order chi connectivity index (χ1) is 11.6. The van der Waals surface area contributed by atoms with Crippen molar-refractivity contribution in [2.45, 2.75) is 0 Å². The minimum Gasteiger partial charge on any atom is -0.308 e. The molecule has 4 N–H and O–H groups in total. The molecule has 2 aromatic carbocycles. The smallest absolute Gasteiger partial charge is 0.308 e. The standard InChI is InChI=1S/C17H15N3O4/c21-15(20-24)11-8-12-6-9-14(10-7-12)18-17(23)19-16(22)13-4-2-1-3-5-13/h1-11,24H,(H,20,21)(H2,18,19,22,23). The summed E-state index contributed by atoms with van der Waals surface area (Å²) in [5.41, 5.74) is 3.05. The average Bonchev–Trinajstić information content (AvgIpc) is 2.61. The van der Waals surface area contributed by atoms with Gasteiger partial charge in [0.05, 0.1) is 0 Å². The van der Waals surface area contributed by atoms with Gasteiger partial charge in [-0.1, -0.05) is 30.3 Å². The largest absolute Gasteiger partial charge is 0.326 e. The van der Waals surface area contributed by atoms with Crippen molar-refractivity contribution in [3.8, 4) is 0 Å². The number of benzene rings is 2. The second-order valence-corrected chi connectivity index (χ2v) is 4.71. The number of hydrogen-bond acceptors (Lipinski definition) is 4. The van der Waals surface area contributed by atoms with Crippen LogP contribution in [0.2, 0.25) is 0 Å². The van der Waals surface area contributed by atoms with Crippen LogP contribution in [0.3, 0.4) is 0 Å². The predicted octanol–water partition coefficient (Wildman–Crippen LogP) is 2.17. The highest BCUT2D eigenvalue weighted by Gasteiger charge is 2.09. The number of rotatable bonds is 4. The van der Waals surface area contributed by atoms with Crippen LogP contribution in [0.25, 0.3) is 6.08 Å². The van der Waals surface area contributed by atoms with Gasteiger partial charge in [-0.3, -0.25) is 20.1 Å². The molecule has 0 aliphatic rings. The molecule has 0 radical (unpaired) electrons. The molecule has 0 bridgehead atoms. The zero-order chi connectivity index (χ0) is 17.4. The highest BCUT2D eigenvalue weighted by Crippen LogP contribution is 2.10. The molecule has 0 spiro atoms. The minimum absolute atomic E-state index is 0.385. The summed E-state index contributed by atoms with van der Waals surface area (Å²) in [6, 6.07) is 14.3. The van der Waals surface area contributed by atoms with E-state index in [2.05, 4.69) is 10.6 Å². The Kier molecular flexibility index (Phi) is 5.82. The zero-order valence-electron chi connectivity index (χ0n) is 12.5. The maximum Gasteiger partial charge on any atom is 0.326 e. The molecule has 7 nitrogen and oxygen atoms in total. The van der Waals surface area contributed by atoms with E-state index in [0.717, 1.165) is 6.08 Å². The first-order valence-electron chi connectivity index (χ1n) is 6.98. The number of carbonyl (C=O) groups excluding carboxylic acids is 3. The predicted molar refractivity (Wildman–Crippen MR) is 88.3 cm³/mol. The molecular weight excluding hydrogens is 310 g/mol. The molecule has 4 amide bonds. The van der Waals surface area contributed by atoms with Crippen molar-refractivity contribution in [1.29, 1.82) is 0 Å². The number of anilines is 1. The molecule has 122 valence electrons. The first kappa shape index (κ1) is 16.9. The zero-order valence-corrected chi connectivity index (χ0v) is 12.5. The van der Waals surface area contributed by atoms with Crippen molar-refractivity contribution in [1.82, 2.24) is 10.8 Å². The summed E-state index contributed by atoms with van der Waals surface area (Å²) in [7, 11) is 0. The molecule has 0 saturated heterocycles. The summed E-state index contributed by atoms with van der Waals surface area (Å²) < 4.78 is 0. The Labute approximate surface area is 138 Å². The van der Waals surface area contributed by atoms with E-state index in [1.165, 1.54) is 11.6 Å². The van der Waals surface area contributed by atoms with Gasteiger partial charge < -0.3 is 5.32 Å². The van der Waals surface area contributed by atoms with Crippen molar-refractivity contribution >= 4 is 29.6 Å². The molecule has 0 aromatic heterocycles. The fraction of sp³-hybridized carbons (Fsp3) is 0. The second-order valence-electron chi connectivity index (χ2n) is 4.71. The number of nitrogens with one attached hydrogen (secondary N) is 3. The van der Waals surface area contributed by atoms with Crippen molar-refractivity contribution in [2.75, 3.05) is 5.32 Å². The maximum absolute atomic E-state index is 11.8. The van der Waals surface area contributed by atoms with Crippen LogP contribution < -0.4 is 16.1 Å². The lowest BCUT2D eigenvalue weighted by Crippen LogP contribution is -2.34. The van der Waals surface area contributed by atoms with E-state index >= 15 is 0 Å². The number of urea groups is 1. The molecule has 0 saturated carbocycles. The third kappa shape index (κ3) is 5.08. The highest BCUT2D eigenvalue weighted by atomic mass is 16.5. The van der Waals surface area contributed by atoms with E-state index in [-0.39, 0.29) is 0 Å². The van der Waals surface area contributed by atoms with Crippen molar-refractivity contribution in [3.05, 3.63) is 71.8 Å². The van der Waals surface area contributed by atoms with Gasteiger partial charge in [-0.25, -0.2) is 10.3 Å². The Morgan fingerprint density at radius 1 is 0.917 bits per heavy atom. The Morgan fingerprint density at radius 2 is 1.58 bits per heavy atom. The van der Waals surface area contributed by atoms with Gasteiger partial charge in [-0.05, 0) is 35.9 Å². The van der Waals surface area contributed by atoms with E-state index in [0.29, 0.717) is 16.8 Å². The molecule has 0 unspecified atom stereocenters. The Balaban J connectivity index is 1.91. The monoisotopic (exact) mass is 325 g/mol. The summed E-state index contributed by atoms with van der Waals surface area (Å²) in [5, 5.41) is 13.1. The van der Waals surface area contributed by atoms with Crippen LogP contribution >= 0.6 is 0 Å². The van der Waals surface area contributed by atoms with Crippen LogP contribution in [0.1, 0.15) is 15.9 Å².